The van der Waals surface area contributed by atoms with E-state index in [-0.39, 0.29) is 0 Å². The Hall–Kier alpha value is -0.970. The van der Waals surface area contributed by atoms with Crippen molar-refractivity contribution in [3.8, 4) is 5.75 Å². The molecule has 1 aromatic heterocycles. The van der Waals surface area contributed by atoms with Crippen molar-refractivity contribution in [3.05, 3.63) is 38.8 Å². The molecular formula is C10H8Cl2N2OS. The normalized spacial score (nSPS) is 10.4. The molecular weight excluding hydrogens is 267 g/mol. The van der Waals surface area contributed by atoms with Gasteiger partial charge in [-0.15, -0.1) is 11.3 Å². The quantitative estimate of drug-likeness (QED) is 0.870. The van der Waals surface area contributed by atoms with Gasteiger partial charge in [0.05, 0.1) is 20.4 Å². The topological polar surface area (TPSA) is 48.1 Å². The molecule has 0 bridgehead atoms. The fourth-order valence-corrected chi connectivity index (χ4v) is 2.29. The molecule has 84 valence electrons. The number of nitrogens with two attached hydrogens (primary N) is 1. The molecule has 6 heteroatoms. The molecule has 0 unspecified atom stereocenters. The first-order valence-corrected chi connectivity index (χ1v) is 6.05. The molecule has 1 heterocycles. The Morgan fingerprint density at radius 3 is 2.56 bits per heavy atom. The Balaban J connectivity index is 2.15. The van der Waals surface area contributed by atoms with E-state index < -0.39 is 0 Å². The van der Waals surface area contributed by atoms with Gasteiger partial charge in [-0.1, -0.05) is 23.2 Å². The minimum Gasteiger partial charge on any atom is -0.485 e. The van der Waals surface area contributed by atoms with Crippen LogP contribution in [0, 0.1) is 0 Å². The molecule has 16 heavy (non-hydrogen) atoms. The van der Waals surface area contributed by atoms with E-state index in [0.29, 0.717) is 28.1 Å². The van der Waals surface area contributed by atoms with Crippen LogP contribution < -0.4 is 10.5 Å². The summed E-state index contributed by atoms with van der Waals surface area (Å²) >= 11 is 13.5. The zero-order chi connectivity index (χ0) is 11.5. The second-order valence-electron chi connectivity index (χ2n) is 3.07. The number of thiazole rings is 1. The number of nitrogen functional groups attached to an aromatic ring is 1. The Morgan fingerprint density at radius 2 is 2.00 bits per heavy atom. The lowest BCUT2D eigenvalue weighted by atomic mass is 10.3. The van der Waals surface area contributed by atoms with Crippen LogP contribution in [0.3, 0.4) is 0 Å². The second kappa shape index (κ2) is 4.91. The fourth-order valence-electron chi connectivity index (χ4n) is 1.17. The first-order chi connectivity index (χ1) is 7.66. The summed E-state index contributed by atoms with van der Waals surface area (Å²) in [7, 11) is 0. The highest BCUT2D eigenvalue weighted by molar-refractivity contribution is 7.09. The van der Waals surface area contributed by atoms with E-state index in [1.807, 2.05) is 0 Å². The van der Waals surface area contributed by atoms with Gasteiger partial charge in [-0.2, -0.15) is 0 Å². The van der Waals surface area contributed by atoms with Gasteiger partial charge in [0, 0.05) is 11.9 Å². The van der Waals surface area contributed by atoms with Crippen molar-refractivity contribution < 1.29 is 4.74 Å². The maximum Gasteiger partial charge on any atom is 0.157 e. The van der Waals surface area contributed by atoms with Gasteiger partial charge in [-0.05, 0) is 12.1 Å². The van der Waals surface area contributed by atoms with Gasteiger partial charge < -0.3 is 10.5 Å². The number of benzene rings is 1. The number of hydrogen-bond donors (Lipinski definition) is 1. The fraction of sp³-hybridized carbons (Fsp3) is 0.100. The lowest BCUT2D eigenvalue weighted by molar-refractivity contribution is 0.310. The van der Waals surface area contributed by atoms with Gasteiger partial charge in [0.2, 0.25) is 0 Å². The van der Waals surface area contributed by atoms with Gasteiger partial charge >= 0.3 is 0 Å². The highest BCUT2D eigenvalue weighted by Gasteiger charge is 2.09. The van der Waals surface area contributed by atoms with Crippen LogP contribution in [0.4, 0.5) is 5.69 Å². The van der Waals surface area contributed by atoms with Gasteiger partial charge in [0.1, 0.15) is 6.61 Å². The first kappa shape index (κ1) is 11.5. The van der Waals surface area contributed by atoms with Crippen LogP contribution in [-0.2, 0) is 6.61 Å². The number of ether oxygens (including phenoxy) is 1. The summed E-state index contributed by atoms with van der Waals surface area (Å²) in [6.45, 7) is 0.397. The molecule has 2 aromatic rings. The summed E-state index contributed by atoms with van der Waals surface area (Å²) < 4.78 is 5.52. The summed E-state index contributed by atoms with van der Waals surface area (Å²) in [5.74, 6) is 0.450. The van der Waals surface area contributed by atoms with E-state index >= 15 is 0 Å². The molecule has 0 aliphatic carbocycles. The van der Waals surface area contributed by atoms with Crippen molar-refractivity contribution in [3.63, 3.8) is 0 Å². The molecule has 0 aliphatic rings. The van der Waals surface area contributed by atoms with Crippen LogP contribution >= 0.6 is 34.5 Å². The van der Waals surface area contributed by atoms with Gasteiger partial charge in [-0.3, -0.25) is 4.98 Å². The number of rotatable bonds is 3. The molecule has 2 rings (SSSR count). The average Bonchev–Trinajstić information content (AvgIpc) is 2.68. The van der Waals surface area contributed by atoms with Crippen molar-refractivity contribution in [2.75, 3.05) is 5.73 Å². The first-order valence-electron chi connectivity index (χ1n) is 4.41. The second-order valence-corrected chi connectivity index (χ2v) is 4.86. The van der Waals surface area contributed by atoms with E-state index in [1.54, 1.807) is 23.8 Å². The summed E-state index contributed by atoms with van der Waals surface area (Å²) in [6.07, 6.45) is 1.74. The van der Waals surface area contributed by atoms with E-state index in [4.69, 9.17) is 33.7 Å². The van der Waals surface area contributed by atoms with Crippen molar-refractivity contribution in [1.82, 2.24) is 4.98 Å². The maximum atomic E-state index is 5.97. The minimum atomic E-state index is 0.397. The molecule has 0 saturated carbocycles. The summed E-state index contributed by atoms with van der Waals surface area (Å²) in [6, 6.07) is 3.21. The van der Waals surface area contributed by atoms with Crippen LogP contribution in [-0.4, -0.2) is 4.98 Å². The number of nitrogens with zero attached hydrogens (tertiary/aromatic N) is 1. The molecule has 1 aromatic carbocycles. The smallest absolute Gasteiger partial charge is 0.157 e. The Bertz CT molecular complexity index is 465. The zero-order valence-corrected chi connectivity index (χ0v) is 10.4. The summed E-state index contributed by atoms with van der Waals surface area (Å²) in [4.78, 5) is 4.95. The van der Waals surface area contributed by atoms with E-state index in [9.17, 15) is 0 Å². The number of halogens is 2. The van der Waals surface area contributed by atoms with Gasteiger partial charge in [0.25, 0.3) is 0 Å². The third kappa shape index (κ3) is 2.58. The minimum absolute atomic E-state index is 0.397. The Labute approximate surface area is 107 Å². The van der Waals surface area contributed by atoms with E-state index in [0.717, 1.165) is 4.88 Å². The molecule has 0 spiro atoms. The lowest BCUT2D eigenvalue weighted by Gasteiger charge is -2.09. The van der Waals surface area contributed by atoms with Crippen LogP contribution in [0.1, 0.15) is 4.88 Å². The molecule has 0 aliphatic heterocycles. The third-order valence-electron chi connectivity index (χ3n) is 1.86. The predicted molar refractivity (Wildman–Crippen MR) is 67.3 cm³/mol. The van der Waals surface area contributed by atoms with Crippen molar-refractivity contribution in [1.29, 1.82) is 0 Å². The molecule has 0 radical (unpaired) electrons. The molecule has 0 saturated heterocycles. The predicted octanol–water partition coefficient (Wildman–Crippen LogP) is 3.61. The standard InChI is InChI=1S/C10H8Cl2N2OS/c11-8-1-6(13)2-9(12)10(8)15-4-7-3-14-5-16-7/h1-3,5H,4,13H2. The Morgan fingerprint density at radius 1 is 1.31 bits per heavy atom. The molecule has 2 N–H and O–H groups in total. The summed E-state index contributed by atoms with van der Waals surface area (Å²) in [5, 5.41) is 0.823. The van der Waals surface area contributed by atoms with E-state index in [1.165, 1.54) is 11.3 Å². The molecule has 0 amide bonds. The van der Waals surface area contributed by atoms with Crippen LogP contribution in [0.5, 0.6) is 5.75 Å². The number of anilines is 1. The van der Waals surface area contributed by atoms with Gasteiger partial charge in [-0.25, -0.2) is 0 Å². The number of aromatic nitrogens is 1. The molecule has 3 nitrogen and oxygen atoms in total. The van der Waals surface area contributed by atoms with Crippen molar-refractivity contribution in [2.24, 2.45) is 0 Å². The summed E-state index contributed by atoms with van der Waals surface area (Å²) in [5.41, 5.74) is 7.84. The molecule has 0 atom stereocenters. The highest BCUT2D eigenvalue weighted by atomic mass is 35.5. The molecule has 0 fully saturated rings. The van der Waals surface area contributed by atoms with Gasteiger partial charge in [0.15, 0.2) is 5.75 Å². The van der Waals surface area contributed by atoms with Crippen molar-refractivity contribution >= 4 is 40.2 Å². The largest absolute Gasteiger partial charge is 0.485 e. The van der Waals surface area contributed by atoms with E-state index in [2.05, 4.69) is 4.98 Å². The zero-order valence-electron chi connectivity index (χ0n) is 8.11. The maximum absolute atomic E-state index is 5.97. The van der Waals surface area contributed by atoms with Crippen LogP contribution in [0.15, 0.2) is 23.8 Å². The Kier molecular flexibility index (Phi) is 3.53. The van der Waals surface area contributed by atoms with Crippen LogP contribution in [0.25, 0.3) is 0 Å². The average molecular weight is 275 g/mol. The SMILES string of the molecule is Nc1cc(Cl)c(OCc2cncs2)c(Cl)c1. The van der Waals surface area contributed by atoms with Crippen molar-refractivity contribution in [2.45, 2.75) is 6.61 Å². The monoisotopic (exact) mass is 274 g/mol. The van der Waals surface area contributed by atoms with Crippen LogP contribution in [0.2, 0.25) is 10.0 Å². The highest BCUT2D eigenvalue weighted by Crippen LogP contribution is 2.35. The lowest BCUT2D eigenvalue weighted by Crippen LogP contribution is -1.95. The third-order valence-corrected chi connectivity index (χ3v) is 3.18. The number of hydrogen-bond acceptors (Lipinski definition) is 4.